The summed E-state index contributed by atoms with van der Waals surface area (Å²) in [5.74, 6) is -1.05. The van der Waals surface area contributed by atoms with Gasteiger partial charge in [0.15, 0.2) is 0 Å². The first-order chi connectivity index (χ1) is 12.9. The monoisotopic (exact) mass is 397 g/mol. The minimum absolute atomic E-state index is 0.201. The number of aryl methyl sites for hydroxylation is 1. The normalized spacial score (nSPS) is 18.3. The van der Waals surface area contributed by atoms with E-state index in [0.717, 1.165) is 11.1 Å². The molecule has 1 heterocycles. The second kappa shape index (κ2) is 7.87. The van der Waals surface area contributed by atoms with E-state index in [1.165, 1.54) is 16.7 Å². The Hall–Kier alpha value is -2.75. The van der Waals surface area contributed by atoms with E-state index in [4.69, 9.17) is 17.3 Å². The van der Waals surface area contributed by atoms with Gasteiger partial charge in [0.2, 0.25) is 5.91 Å². The number of carbonyl (C=O) groups is 2. The zero-order chi connectivity index (χ0) is 19.6. The van der Waals surface area contributed by atoms with E-state index >= 15 is 0 Å². The summed E-state index contributed by atoms with van der Waals surface area (Å²) in [5.41, 5.74) is 7.68. The first kappa shape index (κ1) is 19.0. The second-order valence-electron chi connectivity index (χ2n) is 6.11. The predicted molar refractivity (Wildman–Crippen MR) is 107 cm³/mol. The number of hydrogen-bond donors (Lipinski definition) is 1. The van der Waals surface area contributed by atoms with Crippen LogP contribution in [0, 0.1) is 18.3 Å². The van der Waals surface area contributed by atoms with Gasteiger partial charge in [-0.25, -0.2) is 0 Å². The van der Waals surface area contributed by atoms with Crippen LogP contribution in [0.4, 0.5) is 5.69 Å². The van der Waals surface area contributed by atoms with Crippen molar-refractivity contribution in [3.63, 3.8) is 0 Å². The first-order valence-corrected chi connectivity index (χ1v) is 9.42. The maximum atomic E-state index is 13.1. The van der Waals surface area contributed by atoms with Crippen LogP contribution in [0.1, 0.15) is 11.1 Å². The minimum atomic E-state index is -0.853. The fourth-order valence-corrected chi connectivity index (χ4v) is 4.34. The molecule has 0 bridgehead atoms. The number of nitrogens with zero attached hydrogens (tertiary/aromatic N) is 2. The summed E-state index contributed by atoms with van der Waals surface area (Å²) in [7, 11) is 0. The lowest BCUT2D eigenvalue weighted by Gasteiger charge is -2.18. The standard InChI is InChI=1S/C20H16ClN3O2S/c1-12-5-7-15(8-6-12)24-19(26)17(10-13-3-2-4-14(21)9-13)27-20(24)16(11-22)18(23)25/h2-9,17H,10H2,1H3,(H2,23,25)/b20-16-/t17-/m1/s1. The maximum absolute atomic E-state index is 13.1. The molecule has 0 aromatic heterocycles. The van der Waals surface area contributed by atoms with Gasteiger partial charge in [-0.2, -0.15) is 5.26 Å². The van der Waals surface area contributed by atoms with Crippen LogP contribution < -0.4 is 10.6 Å². The Balaban J connectivity index is 2.03. The fraction of sp³-hybridized carbons (Fsp3) is 0.150. The summed E-state index contributed by atoms with van der Waals surface area (Å²) in [4.78, 5) is 26.3. The largest absolute Gasteiger partial charge is 0.365 e. The molecule has 2 N–H and O–H groups in total. The van der Waals surface area contributed by atoms with Gasteiger partial charge in [0, 0.05) is 10.7 Å². The third kappa shape index (κ3) is 4.00. The summed E-state index contributed by atoms with van der Waals surface area (Å²) < 4.78 is 0. The van der Waals surface area contributed by atoms with Crippen molar-refractivity contribution in [1.82, 2.24) is 0 Å². The SMILES string of the molecule is Cc1ccc(N2C(=O)[C@@H](Cc3cccc(Cl)c3)S/C2=C(/C#N)C(N)=O)cc1. The van der Waals surface area contributed by atoms with Crippen molar-refractivity contribution < 1.29 is 9.59 Å². The van der Waals surface area contributed by atoms with Crippen molar-refractivity contribution in [3.8, 4) is 6.07 Å². The Morgan fingerprint density at radius 2 is 2.00 bits per heavy atom. The van der Waals surface area contributed by atoms with Crippen molar-refractivity contribution in [2.75, 3.05) is 4.90 Å². The van der Waals surface area contributed by atoms with Crippen molar-refractivity contribution in [2.24, 2.45) is 5.73 Å². The molecule has 7 heteroatoms. The van der Waals surface area contributed by atoms with E-state index in [9.17, 15) is 14.9 Å². The molecule has 2 amide bonds. The smallest absolute Gasteiger partial charge is 0.262 e. The highest BCUT2D eigenvalue weighted by atomic mass is 35.5. The Morgan fingerprint density at radius 3 is 2.59 bits per heavy atom. The number of hydrogen-bond acceptors (Lipinski definition) is 4. The van der Waals surface area contributed by atoms with Crippen LogP contribution >= 0.6 is 23.4 Å². The van der Waals surface area contributed by atoms with E-state index in [2.05, 4.69) is 0 Å². The van der Waals surface area contributed by atoms with Gasteiger partial charge in [-0.3, -0.25) is 14.5 Å². The molecule has 0 saturated carbocycles. The third-order valence-corrected chi connectivity index (χ3v) is 5.63. The summed E-state index contributed by atoms with van der Waals surface area (Å²) in [6.45, 7) is 1.94. The zero-order valence-electron chi connectivity index (χ0n) is 14.5. The molecule has 1 atom stereocenters. The first-order valence-electron chi connectivity index (χ1n) is 8.16. The molecule has 5 nitrogen and oxygen atoms in total. The van der Waals surface area contributed by atoms with E-state index in [0.29, 0.717) is 17.1 Å². The molecule has 2 aromatic carbocycles. The van der Waals surface area contributed by atoms with Crippen molar-refractivity contribution in [3.05, 3.63) is 75.3 Å². The van der Waals surface area contributed by atoms with Gasteiger partial charge in [0.1, 0.15) is 16.7 Å². The summed E-state index contributed by atoms with van der Waals surface area (Å²) in [6, 6.07) is 16.4. The van der Waals surface area contributed by atoms with Crippen molar-refractivity contribution in [1.29, 1.82) is 5.26 Å². The van der Waals surface area contributed by atoms with E-state index in [1.807, 2.05) is 37.3 Å². The molecule has 1 fully saturated rings. The summed E-state index contributed by atoms with van der Waals surface area (Å²) in [6.07, 6.45) is 0.424. The van der Waals surface area contributed by atoms with Gasteiger partial charge in [-0.1, -0.05) is 53.2 Å². The van der Waals surface area contributed by atoms with Crippen molar-refractivity contribution >= 4 is 40.9 Å². The van der Waals surface area contributed by atoms with Crippen LogP contribution in [0.5, 0.6) is 0 Å². The molecule has 2 aromatic rings. The van der Waals surface area contributed by atoms with Gasteiger partial charge in [0.25, 0.3) is 5.91 Å². The molecular weight excluding hydrogens is 382 g/mol. The Morgan fingerprint density at radius 1 is 1.30 bits per heavy atom. The third-order valence-electron chi connectivity index (χ3n) is 4.13. The van der Waals surface area contributed by atoms with Gasteiger partial charge >= 0.3 is 0 Å². The van der Waals surface area contributed by atoms with E-state index < -0.39 is 11.2 Å². The lowest BCUT2D eigenvalue weighted by molar-refractivity contribution is -0.117. The van der Waals surface area contributed by atoms with Crippen LogP contribution in [0.15, 0.2) is 59.1 Å². The number of thioether (sulfide) groups is 1. The Kier molecular flexibility index (Phi) is 5.54. The van der Waals surface area contributed by atoms with E-state index in [-0.39, 0.29) is 16.5 Å². The quantitative estimate of drug-likeness (QED) is 0.631. The number of halogens is 1. The average Bonchev–Trinajstić information content (AvgIpc) is 2.92. The number of anilines is 1. The Bertz CT molecular complexity index is 979. The molecule has 1 aliphatic rings. The molecule has 1 aliphatic heterocycles. The molecule has 0 spiro atoms. The predicted octanol–water partition coefficient (Wildman–Crippen LogP) is 3.56. The van der Waals surface area contributed by atoms with Gasteiger partial charge < -0.3 is 5.73 Å². The number of primary amides is 1. The number of nitriles is 1. The molecule has 136 valence electrons. The molecule has 0 radical (unpaired) electrons. The highest BCUT2D eigenvalue weighted by Crippen LogP contribution is 2.41. The average molecular weight is 398 g/mol. The second-order valence-corrected chi connectivity index (χ2v) is 7.73. The van der Waals surface area contributed by atoms with Gasteiger partial charge in [-0.05, 0) is 43.2 Å². The van der Waals surface area contributed by atoms with Crippen LogP contribution in [0.2, 0.25) is 5.02 Å². The topological polar surface area (TPSA) is 87.2 Å². The minimum Gasteiger partial charge on any atom is -0.365 e. The maximum Gasteiger partial charge on any atom is 0.262 e. The number of nitrogens with two attached hydrogens (primary N) is 1. The number of carbonyl (C=O) groups excluding carboxylic acids is 2. The van der Waals surface area contributed by atoms with Crippen LogP contribution in [0.3, 0.4) is 0 Å². The van der Waals surface area contributed by atoms with Gasteiger partial charge in [0.05, 0.1) is 5.25 Å². The number of benzene rings is 2. The summed E-state index contributed by atoms with van der Waals surface area (Å²) in [5, 5.41) is 9.76. The van der Waals surface area contributed by atoms with Crippen LogP contribution in [-0.2, 0) is 16.0 Å². The molecule has 1 saturated heterocycles. The summed E-state index contributed by atoms with van der Waals surface area (Å²) >= 11 is 7.21. The number of amides is 2. The highest BCUT2D eigenvalue weighted by Gasteiger charge is 2.40. The van der Waals surface area contributed by atoms with Gasteiger partial charge in [-0.15, -0.1) is 0 Å². The van der Waals surface area contributed by atoms with E-state index in [1.54, 1.807) is 24.3 Å². The lowest BCUT2D eigenvalue weighted by atomic mass is 10.1. The molecule has 0 aliphatic carbocycles. The molecule has 3 rings (SSSR count). The molecular formula is C20H16ClN3O2S. The van der Waals surface area contributed by atoms with Crippen LogP contribution in [0.25, 0.3) is 0 Å². The van der Waals surface area contributed by atoms with Crippen LogP contribution in [-0.4, -0.2) is 17.1 Å². The fourth-order valence-electron chi connectivity index (χ4n) is 2.81. The Labute approximate surface area is 166 Å². The molecule has 0 unspecified atom stereocenters. The van der Waals surface area contributed by atoms with Crippen molar-refractivity contribution in [2.45, 2.75) is 18.6 Å². The highest BCUT2D eigenvalue weighted by molar-refractivity contribution is 8.05. The number of rotatable bonds is 4. The lowest BCUT2D eigenvalue weighted by Crippen LogP contribution is -2.31. The zero-order valence-corrected chi connectivity index (χ0v) is 16.1. The molecule has 27 heavy (non-hydrogen) atoms.